The Balaban J connectivity index is 1.90. The molecular weight excluding hydrogens is 288 g/mol. The van der Waals surface area contributed by atoms with E-state index in [-0.39, 0.29) is 6.04 Å². The molecule has 3 rings (SSSR count). The molecule has 118 valence electrons. The lowest BCUT2D eigenvalue weighted by Gasteiger charge is -2.26. The lowest BCUT2D eigenvalue weighted by molar-refractivity contribution is 0.333. The van der Waals surface area contributed by atoms with Crippen molar-refractivity contribution < 1.29 is 8.42 Å². The molecular formula is C14H24N4O2S. The van der Waals surface area contributed by atoms with Gasteiger partial charge in [0.25, 0.3) is 0 Å². The fraction of sp³-hybridized carbons (Fsp3) is 0.786. The SMILES string of the molecule is Cc1[nH]nc(CNC(C)C)c1S(=O)(=O)N1CC2CCC1C2. The topological polar surface area (TPSA) is 78.1 Å². The smallest absolute Gasteiger partial charge is 0.247 e. The Kier molecular flexibility index (Phi) is 3.83. The van der Waals surface area contributed by atoms with Crippen molar-refractivity contribution in [3.8, 4) is 0 Å². The number of H-pyrrole nitrogens is 1. The van der Waals surface area contributed by atoms with E-state index in [9.17, 15) is 8.42 Å². The number of aromatic nitrogens is 2. The Hall–Kier alpha value is -0.920. The number of piperidine rings is 1. The number of hydrogen-bond donors (Lipinski definition) is 2. The van der Waals surface area contributed by atoms with E-state index >= 15 is 0 Å². The number of aromatic amines is 1. The van der Waals surface area contributed by atoms with Crippen molar-refractivity contribution in [2.24, 2.45) is 5.92 Å². The Morgan fingerprint density at radius 2 is 2.19 bits per heavy atom. The number of rotatable bonds is 5. The standard InChI is InChI=1S/C14H24N4O2S/c1-9(2)15-7-13-14(10(3)16-17-13)21(19,20)18-8-11-4-5-12(18)6-11/h9,11-12,15H,4-8H2,1-3H3,(H,16,17). The van der Waals surface area contributed by atoms with Crippen LogP contribution in [0.4, 0.5) is 0 Å². The van der Waals surface area contributed by atoms with Gasteiger partial charge in [0.2, 0.25) is 10.0 Å². The van der Waals surface area contributed by atoms with Gasteiger partial charge in [0.1, 0.15) is 4.90 Å². The Labute approximate surface area is 126 Å². The molecule has 2 N–H and O–H groups in total. The fourth-order valence-corrected chi connectivity index (χ4v) is 5.60. The zero-order valence-electron chi connectivity index (χ0n) is 12.9. The minimum absolute atomic E-state index is 0.195. The monoisotopic (exact) mass is 312 g/mol. The maximum atomic E-state index is 13.0. The van der Waals surface area contributed by atoms with Crippen LogP contribution in [0.15, 0.2) is 4.90 Å². The van der Waals surface area contributed by atoms with E-state index in [2.05, 4.69) is 15.5 Å². The highest BCUT2D eigenvalue weighted by molar-refractivity contribution is 7.89. The highest BCUT2D eigenvalue weighted by Crippen LogP contribution is 2.41. The van der Waals surface area contributed by atoms with Crippen LogP contribution in [0.25, 0.3) is 0 Å². The van der Waals surface area contributed by atoms with Gasteiger partial charge in [-0.05, 0) is 32.1 Å². The van der Waals surface area contributed by atoms with Crippen molar-refractivity contribution in [2.45, 2.75) is 63.6 Å². The lowest BCUT2D eigenvalue weighted by Crippen LogP contribution is -2.38. The molecule has 2 fully saturated rings. The molecule has 0 radical (unpaired) electrons. The molecule has 0 aromatic carbocycles. The summed E-state index contributed by atoms with van der Waals surface area (Å²) >= 11 is 0. The van der Waals surface area contributed by atoms with Crippen LogP contribution >= 0.6 is 0 Å². The Morgan fingerprint density at radius 3 is 2.76 bits per heavy atom. The molecule has 6 nitrogen and oxygen atoms in total. The number of nitrogens with one attached hydrogen (secondary N) is 2. The zero-order chi connectivity index (χ0) is 15.2. The molecule has 1 saturated heterocycles. The van der Waals surface area contributed by atoms with Crippen LogP contribution in [0.1, 0.15) is 44.5 Å². The third kappa shape index (κ3) is 2.62. The number of fused-ring (bicyclic) bond motifs is 2. The molecule has 0 spiro atoms. The van der Waals surface area contributed by atoms with Crippen molar-refractivity contribution >= 4 is 10.0 Å². The maximum absolute atomic E-state index is 13.0. The molecule has 2 heterocycles. The predicted octanol–water partition coefficient (Wildman–Crippen LogP) is 1.39. The highest BCUT2D eigenvalue weighted by Gasteiger charge is 2.45. The minimum atomic E-state index is -3.44. The van der Waals surface area contributed by atoms with Gasteiger partial charge >= 0.3 is 0 Å². The maximum Gasteiger partial charge on any atom is 0.247 e. The molecule has 1 aliphatic carbocycles. The van der Waals surface area contributed by atoms with Crippen LogP contribution in [0.2, 0.25) is 0 Å². The first-order chi connectivity index (χ1) is 9.89. The third-order valence-electron chi connectivity index (χ3n) is 4.56. The molecule has 2 atom stereocenters. The Bertz CT molecular complexity index is 623. The molecule has 1 aromatic rings. The van der Waals surface area contributed by atoms with E-state index in [1.165, 1.54) is 6.42 Å². The fourth-order valence-electron chi connectivity index (χ4n) is 3.52. The molecule has 2 bridgehead atoms. The zero-order valence-corrected chi connectivity index (χ0v) is 13.7. The van der Waals surface area contributed by atoms with Gasteiger partial charge in [0.15, 0.2) is 0 Å². The van der Waals surface area contributed by atoms with Crippen molar-refractivity contribution in [3.05, 3.63) is 11.4 Å². The summed E-state index contributed by atoms with van der Waals surface area (Å²) in [6.45, 7) is 7.00. The van der Waals surface area contributed by atoms with Gasteiger partial charge in [0, 0.05) is 25.2 Å². The van der Waals surface area contributed by atoms with Gasteiger partial charge in [-0.3, -0.25) is 5.10 Å². The number of hydrogen-bond acceptors (Lipinski definition) is 4. The second-order valence-electron chi connectivity index (χ2n) is 6.57. The van der Waals surface area contributed by atoms with Gasteiger partial charge < -0.3 is 5.32 Å². The summed E-state index contributed by atoms with van der Waals surface area (Å²) in [4.78, 5) is 0.378. The van der Waals surface area contributed by atoms with Crippen LogP contribution in [0.3, 0.4) is 0 Å². The van der Waals surface area contributed by atoms with Crippen LogP contribution in [-0.4, -0.2) is 41.5 Å². The second-order valence-corrected chi connectivity index (χ2v) is 8.40. The first kappa shape index (κ1) is 15.0. The molecule has 1 aliphatic heterocycles. The molecule has 2 unspecified atom stereocenters. The average molecular weight is 312 g/mol. The lowest BCUT2D eigenvalue weighted by atomic mass is 10.1. The van der Waals surface area contributed by atoms with E-state index in [0.29, 0.717) is 41.3 Å². The summed E-state index contributed by atoms with van der Waals surface area (Å²) in [6.07, 6.45) is 3.19. The first-order valence-corrected chi connectivity index (χ1v) is 9.12. The predicted molar refractivity (Wildman–Crippen MR) is 80.3 cm³/mol. The van der Waals surface area contributed by atoms with Gasteiger partial charge in [-0.25, -0.2) is 8.42 Å². The van der Waals surface area contributed by atoms with E-state index in [1.807, 2.05) is 13.8 Å². The molecule has 1 saturated carbocycles. The van der Waals surface area contributed by atoms with Crippen molar-refractivity contribution in [1.29, 1.82) is 0 Å². The number of sulfonamides is 1. The summed E-state index contributed by atoms with van der Waals surface area (Å²) in [5.74, 6) is 0.550. The summed E-state index contributed by atoms with van der Waals surface area (Å²) in [6, 6.07) is 0.487. The summed E-state index contributed by atoms with van der Waals surface area (Å²) in [5, 5.41) is 10.3. The van der Waals surface area contributed by atoms with Crippen molar-refractivity contribution in [2.75, 3.05) is 6.54 Å². The first-order valence-electron chi connectivity index (χ1n) is 7.68. The number of aryl methyl sites for hydroxylation is 1. The van der Waals surface area contributed by atoms with E-state index in [4.69, 9.17) is 0 Å². The summed E-state index contributed by atoms with van der Waals surface area (Å²) < 4.78 is 27.7. The highest BCUT2D eigenvalue weighted by atomic mass is 32.2. The van der Waals surface area contributed by atoms with E-state index in [1.54, 1.807) is 11.2 Å². The molecule has 7 heteroatoms. The van der Waals surface area contributed by atoms with Crippen molar-refractivity contribution in [3.63, 3.8) is 0 Å². The molecule has 21 heavy (non-hydrogen) atoms. The molecule has 2 aliphatic rings. The van der Waals surface area contributed by atoms with Gasteiger partial charge in [-0.1, -0.05) is 13.8 Å². The normalized spacial score (nSPS) is 26.1. The van der Waals surface area contributed by atoms with E-state index in [0.717, 1.165) is 12.8 Å². The van der Waals surface area contributed by atoms with Crippen LogP contribution in [0.5, 0.6) is 0 Å². The van der Waals surface area contributed by atoms with Gasteiger partial charge in [-0.15, -0.1) is 0 Å². The van der Waals surface area contributed by atoms with Crippen LogP contribution in [0, 0.1) is 12.8 Å². The molecule has 1 aromatic heterocycles. The van der Waals surface area contributed by atoms with Gasteiger partial charge in [-0.2, -0.15) is 9.40 Å². The third-order valence-corrected chi connectivity index (χ3v) is 6.69. The van der Waals surface area contributed by atoms with Gasteiger partial charge in [0.05, 0.1) is 11.4 Å². The van der Waals surface area contributed by atoms with E-state index < -0.39 is 10.0 Å². The minimum Gasteiger partial charge on any atom is -0.309 e. The van der Waals surface area contributed by atoms with Crippen LogP contribution in [-0.2, 0) is 16.6 Å². The summed E-state index contributed by atoms with van der Waals surface area (Å²) in [5.41, 5.74) is 1.24. The Morgan fingerprint density at radius 1 is 1.43 bits per heavy atom. The van der Waals surface area contributed by atoms with Crippen molar-refractivity contribution in [1.82, 2.24) is 19.8 Å². The second kappa shape index (κ2) is 5.37. The number of nitrogens with zero attached hydrogens (tertiary/aromatic N) is 2. The summed E-state index contributed by atoms with van der Waals surface area (Å²) in [7, 11) is -3.44. The largest absolute Gasteiger partial charge is 0.309 e. The quantitative estimate of drug-likeness (QED) is 0.861. The molecule has 0 amide bonds. The average Bonchev–Trinajstić information content (AvgIpc) is 3.10. The van der Waals surface area contributed by atoms with Crippen LogP contribution < -0.4 is 5.32 Å².